The van der Waals surface area contributed by atoms with Gasteiger partial charge in [-0.1, -0.05) is 12.1 Å². The maximum atomic E-state index is 12.0. The standard InChI is InChI=1S/C16H24N2O2.ClH/c1-11-6-7-12(2)15(9-11)20-10-16(19)18-14-5-4-8-17-13(14)3;/h6-7,9,13-14,17H,4-5,8,10H2,1-3H3,(H,18,19);1H. The van der Waals surface area contributed by atoms with Crippen molar-refractivity contribution in [3.8, 4) is 5.75 Å². The zero-order valence-electron chi connectivity index (χ0n) is 12.9. The third kappa shape index (κ3) is 5.21. The molecule has 5 heteroatoms. The maximum absolute atomic E-state index is 12.0. The second kappa shape index (κ2) is 8.25. The van der Waals surface area contributed by atoms with Gasteiger partial charge in [-0.2, -0.15) is 0 Å². The van der Waals surface area contributed by atoms with Gasteiger partial charge in [0.2, 0.25) is 0 Å². The van der Waals surface area contributed by atoms with Crippen LogP contribution in [0.25, 0.3) is 0 Å². The van der Waals surface area contributed by atoms with Crippen LogP contribution in [0.15, 0.2) is 18.2 Å². The third-order valence-electron chi connectivity index (χ3n) is 3.81. The van der Waals surface area contributed by atoms with Crippen LogP contribution in [0.3, 0.4) is 0 Å². The number of rotatable bonds is 4. The Morgan fingerprint density at radius 2 is 2.19 bits per heavy atom. The summed E-state index contributed by atoms with van der Waals surface area (Å²) in [4.78, 5) is 12.0. The summed E-state index contributed by atoms with van der Waals surface area (Å²) in [5.41, 5.74) is 2.19. The van der Waals surface area contributed by atoms with Crippen molar-refractivity contribution in [2.45, 2.75) is 45.7 Å². The van der Waals surface area contributed by atoms with Gasteiger partial charge in [-0.3, -0.25) is 4.79 Å². The fraction of sp³-hybridized carbons (Fsp3) is 0.562. The first kappa shape index (κ1) is 17.8. The SMILES string of the molecule is Cc1ccc(C)c(OCC(=O)NC2CCCNC2C)c1.Cl. The highest BCUT2D eigenvalue weighted by molar-refractivity contribution is 5.85. The van der Waals surface area contributed by atoms with E-state index in [9.17, 15) is 4.79 Å². The lowest BCUT2D eigenvalue weighted by atomic mass is 10.00. The fourth-order valence-electron chi connectivity index (χ4n) is 2.50. The number of ether oxygens (including phenoxy) is 1. The number of carbonyl (C=O) groups is 1. The number of carbonyl (C=O) groups excluding carboxylic acids is 1. The number of aryl methyl sites for hydroxylation is 2. The normalized spacial score (nSPS) is 21.3. The van der Waals surface area contributed by atoms with E-state index in [4.69, 9.17) is 4.74 Å². The third-order valence-corrected chi connectivity index (χ3v) is 3.81. The van der Waals surface area contributed by atoms with E-state index in [1.165, 1.54) is 0 Å². The molecular weight excluding hydrogens is 288 g/mol. The van der Waals surface area contributed by atoms with Gasteiger partial charge in [0.15, 0.2) is 6.61 Å². The minimum absolute atomic E-state index is 0. The molecule has 0 radical (unpaired) electrons. The lowest BCUT2D eigenvalue weighted by molar-refractivity contribution is -0.124. The van der Waals surface area contributed by atoms with E-state index in [1.807, 2.05) is 32.0 Å². The van der Waals surface area contributed by atoms with Gasteiger partial charge < -0.3 is 15.4 Å². The molecule has 1 aliphatic rings. The van der Waals surface area contributed by atoms with Crippen LogP contribution in [0.2, 0.25) is 0 Å². The molecule has 0 aromatic heterocycles. The van der Waals surface area contributed by atoms with Crippen molar-refractivity contribution in [2.75, 3.05) is 13.2 Å². The van der Waals surface area contributed by atoms with Gasteiger partial charge in [0, 0.05) is 12.1 Å². The molecule has 0 aliphatic carbocycles. The Kier molecular flexibility index (Phi) is 6.99. The van der Waals surface area contributed by atoms with E-state index in [1.54, 1.807) is 0 Å². The number of benzene rings is 1. The minimum Gasteiger partial charge on any atom is -0.483 e. The van der Waals surface area contributed by atoms with Gasteiger partial charge in [0.25, 0.3) is 5.91 Å². The van der Waals surface area contributed by atoms with Crippen molar-refractivity contribution in [1.29, 1.82) is 0 Å². The molecule has 1 aromatic rings. The highest BCUT2D eigenvalue weighted by Gasteiger charge is 2.22. The van der Waals surface area contributed by atoms with E-state index in [-0.39, 0.29) is 31.0 Å². The van der Waals surface area contributed by atoms with Crippen LogP contribution >= 0.6 is 12.4 Å². The first-order chi connectivity index (χ1) is 9.56. The summed E-state index contributed by atoms with van der Waals surface area (Å²) in [6, 6.07) is 6.55. The molecule has 21 heavy (non-hydrogen) atoms. The van der Waals surface area contributed by atoms with Crippen LogP contribution in [0.1, 0.15) is 30.9 Å². The Bertz CT molecular complexity index is 479. The van der Waals surface area contributed by atoms with Crippen molar-refractivity contribution in [3.63, 3.8) is 0 Å². The molecule has 0 bridgehead atoms. The lowest BCUT2D eigenvalue weighted by Crippen LogP contribution is -2.52. The molecule has 1 aromatic carbocycles. The number of nitrogens with one attached hydrogen (secondary N) is 2. The molecule has 118 valence electrons. The Labute approximate surface area is 133 Å². The Morgan fingerprint density at radius 3 is 2.90 bits per heavy atom. The van der Waals surface area contributed by atoms with Gasteiger partial charge in [-0.25, -0.2) is 0 Å². The number of hydrogen-bond donors (Lipinski definition) is 2. The molecule has 2 atom stereocenters. The number of piperidine rings is 1. The highest BCUT2D eigenvalue weighted by Crippen LogP contribution is 2.18. The quantitative estimate of drug-likeness (QED) is 0.897. The van der Waals surface area contributed by atoms with Crippen LogP contribution in [-0.2, 0) is 4.79 Å². The van der Waals surface area contributed by atoms with E-state index in [0.717, 1.165) is 36.3 Å². The molecule has 2 unspecified atom stereocenters. The minimum atomic E-state index is -0.0496. The van der Waals surface area contributed by atoms with Crippen LogP contribution in [-0.4, -0.2) is 31.1 Å². The lowest BCUT2D eigenvalue weighted by Gasteiger charge is -2.30. The van der Waals surface area contributed by atoms with E-state index in [0.29, 0.717) is 6.04 Å². The number of hydrogen-bond acceptors (Lipinski definition) is 3. The second-order valence-electron chi connectivity index (χ2n) is 5.62. The predicted molar refractivity (Wildman–Crippen MR) is 87.3 cm³/mol. The second-order valence-corrected chi connectivity index (χ2v) is 5.62. The number of amides is 1. The van der Waals surface area contributed by atoms with Crippen LogP contribution in [0, 0.1) is 13.8 Å². The van der Waals surface area contributed by atoms with E-state index >= 15 is 0 Å². The average Bonchev–Trinajstić information content (AvgIpc) is 2.42. The molecular formula is C16H25ClN2O2. The van der Waals surface area contributed by atoms with Gasteiger partial charge >= 0.3 is 0 Å². The molecule has 4 nitrogen and oxygen atoms in total. The smallest absolute Gasteiger partial charge is 0.258 e. The van der Waals surface area contributed by atoms with Crippen molar-refractivity contribution < 1.29 is 9.53 Å². The first-order valence-corrected chi connectivity index (χ1v) is 7.29. The summed E-state index contributed by atoms with van der Waals surface area (Å²) in [5.74, 6) is 0.737. The van der Waals surface area contributed by atoms with Crippen molar-refractivity contribution in [3.05, 3.63) is 29.3 Å². The summed E-state index contributed by atoms with van der Waals surface area (Å²) in [5, 5.41) is 6.42. The zero-order chi connectivity index (χ0) is 14.5. The van der Waals surface area contributed by atoms with Crippen LogP contribution in [0.5, 0.6) is 5.75 Å². The van der Waals surface area contributed by atoms with Crippen molar-refractivity contribution in [1.82, 2.24) is 10.6 Å². The van der Waals surface area contributed by atoms with Gasteiger partial charge in [-0.05, 0) is 57.4 Å². The van der Waals surface area contributed by atoms with Crippen LogP contribution in [0.4, 0.5) is 0 Å². The molecule has 1 fully saturated rings. The van der Waals surface area contributed by atoms with Crippen molar-refractivity contribution >= 4 is 18.3 Å². The summed E-state index contributed by atoms with van der Waals surface area (Å²) in [7, 11) is 0. The molecule has 0 spiro atoms. The summed E-state index contributed by atoms with van der Waals surface area (Å²) in [6.07, 6.45) is 2.14. The van der Waals surface area contributed by atoms with Gasteiger partial charge in [-0.15, -0.1) is 12.4 Å². The molecule has 2 rings (SSSR count). The predicted octanol–water partition coefficient (Wildman–Crippen LogP) is 2.36. The molecule has 1 aliphatic heterocycles. The van der Waals surface area contributed by atoms with E-state index in [2.05, 4.69) is 17.6 Å². The molecule has 1 saturated heterocycles. The topological polar surface area (TPSA) is 50.4 Å². The number of halogens is 1. The molecule has 1 amide bonds. The Balaban J connectivity index is 0.00000220. The maximum Gasteiger partial charge on any atom is 0.258 e. The summed E-state index contributed by atoms with van der Waals surface area (Å²) in [6.45, 7) is 7.22. The summed E-state index contributed by atoms with van der Waals surface area (Å²) < 4.78 is 5.62. The fourth-order valence-corrected chi connectivity index (χ4v) is 2.50. The summed E-state index contributed by atoms with van der Waals surface area (Å²) >= 11 is 0. The molecule has 2 N–H and O–H groups in total. The highest BCUT2D eigenvalue weighted by atomic mass is 35.5. The average molecular weight is 313 g/mol. The van der Waals surface area contributed by atoms with Gasteiger partial charge in [0.05, 0.1) is 0 Å². The monoisotopic (exact) mass is 312 g/mol. The Hall–Kier alpha value is -1.26. The van der Waals surface area contributed by atoms with E-state index < -0.39 is 0 Å². The largest absolute Gasteiger partial charge is 0.483 e. The Morgan fingerprint density at radius 1 is 1.43 bits per heavy atom. The molecule has 0 saturated carbocycles. The van der Waals surface area contributed by atoms with Crippen molar-refractivity contribution in [2.24, 2.45) is 0 Å². The zero-order valence-corrected chi connectivity index (χ0v) is 13.8. The van der Waals surface area contributed by atoms with Gasteiger partial charge in [0.1, 0.15) is 5.75 Å². The molecule has 1 heterocycles. The first-order valence-electron chi connectivity index (χ1n) is 7.29. The van der Waals surface area contributed by atoms with Crippen LogP contribution < -0.4 is 15.4 Å².